The number of hydrogen-bond donors (Lipinski definition) is 3. The molecule has 4 aliphatic rings. The quantitative estimate of drug-likeness (QED) is 0.733. The monoisotopic (exact) mass is 355 g/mol. The highest BCUT2D eigenvalue weighted by Gasteiger charge is 2.50. The minimum Gasteiger partial charge on any atom is -0.354 e. The fourth-order valence-electron chi connectivity index (χ4n) is 6.14. The van der Waals surface area contributed by atoms with Crippen molar-refractivity contribution in [3.05, 3.63) is 35.9 Å². The number of nitrogens with one attached hydrogen (secondary N) is 2. The van der Waals surface area contributed by atoms with E-state index >= 15 is 0 Å². The maximum atomic E-state index is 12.8. The van der Waals surface area contributed by atoms with Gasteiger partial charge in [0.1, 0.15) is 6.04 Å². The number of benzene rings is 1. The van der Waals surface area contributed by atoms with Crippen molar-refractivity contribution in [1.82, 2.24) is 10.6 Å². The maximum Gasteiger partial charge on any atom is 0.312 e. The number of urea groups is 1. The Morgan fingerprint density at radius 1 is 1.04 bits per heavy atom. The van der Waals surface area contributed by atoms with Crippen molar-refractivity contribution in [3.8, 4) is 0 Å². The highest BCUT2D eigenvalue weighted by atomic mass is 16.2. The molecule has 140 valence electrons. The Balaban J connectivity index is 1.39. The molecule has 4 bridgehead atoms. The number of hydrogen-bond acceptors (Lipinski definition) is 2. The van der Waals surface area contributed by atoms with Gasteiger partial charge >= 0.3 is 6.03 Å². The Hall–Kier alpha value is -2.04. The van der Waals surface area contributed by atoms with Crippen LogP contribution in [0.5, 0.6) is 0 Å². The lowest BCUT2D eigenvalue weighted by atomic mass is 9.49. The lowest BCUT2D eigenvalue weighted by Crippen LogP contribution is -2.55. The molecule has 4 saturated carbocycles. The molecule has 0 aliphatic heterocycles. The molecule has 1 aromatic carbocycles. The number of rotatable bonds is 6. The van der Waals surface area contributed by atoms with Crippen molar-refractivity contribution < 1.29 is 9.59 Å². The summed E-state index contributed by atoms with van der Waals surface area (Å²) < 4.78 is 0. The molecule has 0 saturated heterocycles. The second-order valence-corrected chi connectivity index (χ2v) is 8.89. The Labute approximate surface area is 155 Å². The smallest absolute Gasteiger partial charge is 0.312 e. The minimum atomic E-state index is -0.657. The first-order chi connectivity index (χ1) is 12.5. The fraction of sp³-hybridized carbons (Fsp3) is 0.619. The SMILES string of the molecule is NC(=O)N[C@H](Cc1ccccc1)C(=O)NCC12CC3CC(CC(C3)C1)C2. The zero-order chi connectivity index (χ0) is 18.1. The van der Waals surface area contributed by atoms with E-state index in [9.17, 15) is 9.59 Å². The maximum absolute atomic E-state index is 12.8. The van der Waals surface area contributed by atoms with Crippen molar-refractivity contribution >= 4 is 11.9 Å². The lowest BCUT2D eigenvalue weighted by Gasteiger charge is -2.57. The van der Waals surface area contributed by atoms with Crippen LogP contribution in [0, 0.1) is 23.2 Å². The third-order valence-electron chi connectivity index (χ3n) is 6.72. The van der Waals surface area contributed by atoms with Gasteiger partial charge in [-0.25, -0.2) is 4.79 Å². The van der Waals surface area contributed by atoms with E-state index < -0.39 is 12.1 Å². The first-order valence-corrected chi connectivity index (χ1v) is 9.89. The van der Waals surface area contributed by atoms with E-state index in [4.69, 9.17) is 5.73 Å². The molecule has 4 fully saturated rings. The van der Waals surface area contributed by atoms with Gasteiger partial charge in [-0.1, -0.05) is 30.3 Å². The molecule has 5 rings (SSSR count). The Bertz CT molecular complexity index is 638. The number of nitrogens with two attached hydrogens (primary N) is 1. The Kier molecular flexibility index (Phi) is 4.63. The highest BCUT2D eigenvalue weighted by Crippen LogP contribution is 2.59. The van der Waals surface area contributed by atoms with Crippen LogP contribution in [-0.2, 0) is 11.2 Å². The second kappa shape index (κ2) is 6.93. The van der Waals surface area contributed by atoms with Crippen LogP contribution in [0.4, 0.5) is 4.79 Å². The summed E-state index contributed by atoms with van der Waals surface area (Å²) in [5.41, 5.74) is 6.59. The van der Waals surface area contributed by atoms with Gasteiger partial charge in [0.05, 0.1) is 0 Å². The average molecular weight is 355 g/mol. The molecule has 0 aromatic heterocycles. The number of primary amides is 1. The van der Waals surface area contributed by atoms with Crippen LogP contribution >= 0.6 is 0 Å². The largest absolute Gasteiger partial charge is 0.354 e. The molecule has 5 heteroatoms. The van der Waals surface area contributed by atoms with Gasteiger partial charge in [-0.2, -0.15) is 0 Å². The van der Waals surface area contributed by atoms with Crippen molar-refractivity contribution in [2.75, 3.05) is 6.54 Å². The number of carbonyl (C=O) groups is 2. The van der Waals surface area contributed by atoms with Crippen LogP contribution in [0.3, 0.4) is 0 Å². The van der Waals surface area contributed by atoms with Crippen LogP contribution < -0.4 is 16.4 Å². The predicted octanol–water partition coefficient (Wildman–Crippen LogP) is 2.60. The summed E-state index contributed by atoms with van der Waals surface area (Å²) in [5.74, 6) is 2.47. The summed E-state index contributed by atoms with van der Waals surface area (Å²) in [4.78, 5) is 24.2. The topological polar surface area (TPSA) is 84.2 Å². The summed E-state index contributed by atoms with van der Waals surface area (Å²) in [5, 5.41) is 5.77. The molecule has 5 nitrogen and oxygen atoms in total. The highest BCUT2D eigenvalue weighted by molar-refractivity contribution is 5.86. The van der Waals surface area contributed by atoms with E-state index in [0.717, 1.165) is 29.9 Å². The molecule has 1 atom stereocenters. The zero-order valence-electron chi connectivity index (χ0n) is 15.2. The normalized spacial score (nSPS) is 32.8. The van der Waals surface area contributed by atoms with Gasteiger partial charge in [-0.05, 0) is 67.3 Å². The standard InChI is InChI=1S/C21H29N3O2/c22-20(26)24-18(9-14-4-2-1-3-5-14)19(25)23-13-21-10-15-6-16(11-21)8-17(7-15)12-21/h1-5,15-18H,6-13H2,(H,23,25)(H3,22,24,26)/t15?,16?,17?,18-,21?/m1/s1. The molecule has 4 aliphatic carbocycles. The van der Waals surface area contributed by atoms with Gasteiger partial charge in [0.15, 0.2) is 0 Å². The molecule has 0 radical (unpaired) electrons. The van der Waals surface area contributed by atoms with Gasteiger partial charge in [0.25, 0.3) is 0 Å². The third-order valence-corrected chi connectivity index (χ3v) is 6.72. The third kappa shape index (κ3) is 3.71. The van der Waals surface area contributed by atoms with E-state index in [-0.39, 0.29) is 11.3 Å². The van der Waals surface area contributed by atoms with E-state index in [1.807, 2.05) is 30.3 Å². The van der Waals surface area contributed by atoms with Gasteiger partial charge in [0, 0.05) is 13.0 Å². The van der Waals surface area contributed by atoms with E-state index in [1.165, 1.54) is 38.5 Å². The van der Waals surface area contributed by atoms with Crippen LogP contribution in [-0.4, -0.2) is 24.5 Å². The van der Waals surface area contributed by atoms with E-state index in [2.05, 4.69) is 10.6 Å². The molecule has 4 N–H and O–H groups in total. The summed E-state index contributed by atoms with van der Waals surface area (Å²) in [6.45, 7) is 0.737. The first-order valence-electron chi connectivity index (χ1n) is 9.89. The minimum absolute atomic E-state index is 0.122. The molecule has 0 spiro atoms. The molecular weight excluding hydrogens is 326 g/mol. The Morgan fingerprint density at radius 2 is 1.62 bits per heavy atom. The van der Waals surface area contributed by atoms with Crippen molar-refractivity contribution in [1.29, 1.82) is 0 Å². The molecule has 26 heavy (non-hydrogen) atoms. The van der Waals surface area contributed by atoms with Crippen LogP contribution in [0.2, 0.25) is 0 Å². The molecular formula is C21H29N3O2. The van der Waals surface area contributed by atoms with Crippen LogP contribution in [0.1, 0.15) is 44.1 Å². The average Bonchev–Trinajstić information content (AvgIpc) is 2.58. The fourth-order valence-corrected chi connectivity index (χ4v) is 6.14. The predicted molar refractivity (Wildman–Crippen MR) is 100 cm³/mol. The number of amides is 3. The van der Waals surface area contributed by atoms with Gasteiger partial charge in [0.2, 0.25) is 5.91 Å². The van der Waals surface area contributed by atoms with Gasteiger partial charge in [-0.3, -0.25) is 4.79 Å². The summed E-state index contributed by atoms with van der Waals surface area (Å²) >= 11 is 0. The van der Waals surface area contributed by atoms with E-state index in [0.29, 0.717) is 6.42 Å². The first kappa shape index (κ1) is 17.4. The molecule has 0 heterocycles. The van der Waals surface area contributed by atoms with Gasteiger partial charge in [-0.15, -0.1) is 0 Å². The molecule has 1 aromatic rings. The van der Waals surface area contributed by atoms with Gasteiger partial charge < -0.3 is 16.4 Å². The van der Waals surface area contributed by atoms with Crippen molar-refractivity contribution in [2.45, 2.75) is 51.0 Å². The van der Waals surface area contributed by atoms with Crippen LogP contribution in [0.15, 0.2) is 30.3 Å². The molecule has 0 unspecified atom stereocenters. The molecule has 3 amide bonds. The summed E-state index contributed by atoms with van der Waals surface area (Å²) in [6, 6.07) is 8.45. The van der Waals surface area contributed by atoms with Crippen LogP contribution in [0.25, 0.3) is 0 Å². The second-order valence-electron chi connectivity index (χ2n) is 8.89. The van der Waals surface area contributed by atoms with Crippen molar-refractivity contribution in [3.63, 3.8) is 0 Å². The van der Waals surface area contributed by atoms with Crippen molar-refractivity contribution in [2.24, 2.45) is 28.9 Å². The zero-order valence-corrected chi connectivity index (χ0v) is 15.2. The summed E-state index contributed by atoms with van der Waals surface area (Å²) in [7, 11) is 0. The lowest BCUT2D eigenvalue weighted by molar-refractivity contribution is -0.125. The summed E-state index contributed by atoms with van der Waals surface area (Å²) in [6.07, 6.45) is 8.41. The van der Waals surface area contributed by atoms with E-state index in [1.54, 1.807) is 0 Å². The Morgan fingerprint density at radius 3 is 2.15 bits per heavy atom. The number of carbonyl (C=O) groups excluding carboxylic acids is 2.